The summed E-state index contributed by atoms with van der Waals surface area (Å²) in [5.74, 6) is -0.469. The summed E-state index contributed by atoms with van der Waals surface area (Å²) < 4.78 is 12.9. The summed E-state index contributed by atoms with van der Waals surface area (Å²) in [7, 11) is -1.26. The van der Waals surface area contributed by atoms with E-state index >= 15 is 0 Å². The van der Waals surface area contributed by atoms with E-state index in [0.29, 0.717) is 0 Å². The molecule has 1 rings (SSSR count). The lowest BCUT2D eigenvalue weighted by Gasteiger charge is -2.02. The molecule has 0 saturated carbocycles. The zero-order valence-electron chi connectivity index (χ0n) is 10.2. The van der Waals surface area contributed by atoms with Crippen LogP contribution in [-0.4, -0.2) is 24.0 Å². The van der Waals surface area contributed by atoms with E-state index in [9.17, 15) is 19.8 Å². The van der Waals surface area contributed by atoms with Crippen LogP contribution in [0, 0.1) is 10.1 Å². The fraction of sp³-hybridized carbons (Fsp3) is 0.300. The van der Waals surface area contributed by atoms with Gasteiger partial charge in [-0.15, -0.1) is 0 Å². The molecule has 0 amide bonds. The van der Waals surface area contributed by atoms with E-state index in [1.54, 1.807) is 0 Å². The monoisotopic (exact) mass is 286 g/mol. The van der Waals surface area contributed by atoms with Gasteiger partial charge in [0.15, 0.2) is 11.8 Å². The molecule has 0 spiro atoms. The number of nitrogens with zero attached hydrogens (tertiary/aromatic N) is 2. The van der Waals surface area contributed by atoms with Crippen molar-refractivity contribution in [2.45, 2.75) is 13.0 Å². The SMILES string of the molecule is COC(=O)C(C)/N=[P+](\[O-])Oc1ccc([N+](=O)[O-])cc1. The van der Waals surface area contributed by atoms with Gasteiger partial charge in [0.05, 0.1) is 12.0 Å². The van der Waals surface area contributed by atoms with Crippen LogP contribution in [0.5, 0.6) is 5.75 Å². The van der Waals surface area contributed by atoms with Crippen LogP contribution in [0.4, 0.5) is 5.69 Å². The summed E-state index contributed by atoms with van der Waals surface area (Å²) in [5.41, 5.74) is -0.109. The first-order valence-electron chi connectivity index (χ1n) is 5.12. The number of carbonyl (C=O) groups is 1. The van der Waals surface area contributed by atoms with E-state index in [2.05, 4.69) is 9.48 Å². The van der Waals surface area contributed by atoms with Crippen LogP contribution in [0.25, 0.3) is 0 Å². The Morgan fingerprint density at radius 2 is 2.00 bits per heavy atom. The van der Waals surface area contributed by atoms with Crippen LogP contribution in [0.15, 0.2) is 29.0 Å². The van der Waals surface area contributed by atoms with Crippen molar-refractivity contribution in [3.05, 3.63) is 34.4 Å². The summed E-state index contributed by atoms with van der Waals surface area (Å²) in [4.78, 5) is 32.4. The van der Waals surface area contributed by atoms with Crippen molar-refractivity contribution >= 4 is 19.8 Å². The second-order valence-corrected chi connectivity index (χ2v) is 4.28. The van der Waals surface area contributed by atoms with Crippen LogP contribution in [0.1, 0.15) is 6.92 Å². The Hall–Kier alpha value is -2.05. The Kier molecular flexibility index (Phi) is 5.35. The number of rotatable bonds is 5. The van der Waals surface area contributed by atoms with Crippen LogP contribution in [0.3, 0.4) is 0 Å². The van der Waals surface area contributed by atoms with Crippen LogP contribution in [-0.2, 0) is 9.53 Å². The number of non-ortho nitro benzene ring substituents is 1. The number of nitro benzene ring substituents is 1. The second kappa shape index (κ2) is 6.77. The third-order valence-electron chi connectivity index (χ3n) is 2.04. The minimum atomic E-state index is -2.46. The lowest BCUT2D eigenvalue weighted by molar-refractivity contribution is -0.384. The maximum absolute atomic E-state index is 11.5. The van der Waals surface area contributed by atoms with Gasteiger partial charge in [0.25, 0.3) is 5.69 Å². The number of nitro groups is 1. The third kappa shape index (κ3) is 4.61. The third-order valence-corrected chi connectivity index (χ3v) is 2.94. The van der Waals surface area contributed by atoms with Crippen molar-refractivity contribution < 1.29 is 23.9 Å². The Morgan fingerprint density at radius 3 is 2.47 bits per heavy atom. The van der Waals surface area contributed by atoms with Crippen molar-refractivity contribution in [3.63, 3.8) is 0 Å². The van der Waals surface area contributed by atoms with Crippen LogP contribution < -0.4 is 9.42 Å². The Bertz CT molecular complexity index is 501. The topological polar surface area (TPSA) is 114 Å². The minimum Gasteiger partial charge on any atom is -0.575 e. The molecule has 19 heavy (non-hydrogen) atoms. The molecule has 2 atom stereocenters. The molecule has 0 heterocycles. The lowest BCUT2D eigenvalue weighted by atomic mass is 10.3. The van der Waals surface area contributed by atoms with Crippen LogP contribution in [0.2, 0.25) is 0 Å². The first kappa shape index (κ1) is 15.0. The van der Waals surface area contributed by atoms with Gasteiger partial charge in [-0.25, -0.2) is 4.79 Å². The molecular weight excluding hydrogens is 275 g/mol. The molecule has 0 aromatic heterocycles. The van der Waals surface area contributed by atoms with Gasteiger partial charge in [0.2, 0.25) is 0 Å². The van der Waals surface area contributed by atoms with Gasteiger partial charge in [0, 0.05) is 12.1 Å². The predicted molar refractivity (Wildman–Crippen MR) is 64.6 cm³/mol. The van der Waals surface area contributed by atoms with Crippen LogP contribution >= 0.6 is 8.17 Å². The highest BCUT2D eigenvalue weighted by atomic mass is 31.1. The van der Waals surface area contributed by atoms with Crippen molar-refractivity contribution in [2.24, 2.45) is 4.74 Å². The van der Waals surface area contributed by atoms with E-state index in [1.165, 1.54) is 38.3 Å². The van der Waals surface area contributed by atoms with Gasteiger partial charge in [0.1, 0.15) is 0 Å². The highest BCUT2D eigenvalue weighted by molar-refractivity contribution is 7.34. The summed E-state index contributed by atoms with van der Waals surface area (Å²) in [5, 5.41) is 10.4. The zero-order chi connectivity index (χ0) is 14.4. The molecule has 0 aliphatic heterocycles. The maximum Gasteiger partial charge on any atom is 0.395 e. The number of esters is 1. The van der Waals surface area contributed by atoms with Gasteiger partial charge in [-0.05, 0) is 19.1 Å². The normalized spacial score (nSPS) is 12.7. The average Bonchev–Trinajstić information content (AvgIpc) is 2.38. The molecule has 0 N–H and O–H groups in total. The lowest BCUT2D eigenvalue weighted by Crippen LogP contribution is -2.16. The Balaban J connectivity index is 2.71. The molecule has 0 bridgehead atoms. The summed E-state index contributed by atoms with van der Waals surface area (Å²) in [6.07, 6.45) is 0. The number of hydrogen-bond acceptors (Lipinski definition) is 7. The van der Waals surface area contributed by atoms with Gasteiger partial charge in [-0.1, -0.05) is 4.74 Å². The Morgan fingerprint density at radius 1 is 1.42 bits per heavy atom. The van der Waals surface area contributed by atoms with Gasteiger partial charge >= 0.3 is 14.1 Å². The minimum absolute atomic E-state index is 0.109. The number of carbonyl (C=O) groups excluding carboxylic acids is 1. The predicted octanol–water partition coefficient (Wildman–Crippen LogP) is 1.39. The fourth-order valence-electron chi connectivity index (χ4n) is 1.10. The molecule has 1 aromatic rings. The number of methoxy groups -OCH3 is 1. The van der Waals surface area contributed by atoms with Gasteiger partial charge < -0.3 is 9.63 Å². The maximum atomic E-state index is 11.5. The highest BCUT2D eigenvalue weighted by Gasteiger charge is 2.17. The van der Waals surface area contributed by atoms with E-state index in [4.69, 9.17) is 4.52 Å². The number of benzene rings is 1. The smallest absolute Gasteiger partial charge is 0.395 e. The van der Waals surface area contributed by atoms with Crippen molar-refractivity contribution in [1.29, 1.82) is 0 Å². The molecule has 8 nitrogen and oxygen atoms in total. The van der Waals surface area contributed by atoms with Gasteiger partial charge in [-0.2, -0.15) is 0 Å². The van der Waals surface area contributed by atoms with E-state index < -0.39 is 25.1 Å². The summed E-state index contributed by atoms with van der Waals surface area (Å²) in [6, 6.07) is 4.10. The molecule has 1 aromatic carbocycles. The first-order chi connectivity index (χ1) is 8.93. The van der Waals surface area contributed by atoms with Crippen molar-refractivity contribution in [3.8, 4) is 5.75 Å². The first-order valence-corrected chi connectivity index (χ1v) is 6.25. The molecule has 0 saturated heterocycles. The Labute approximate surface area is 109 Å². The van der Waals surface area contributed by atoms with E-state index in [-0.39, 0.29) is 11.4 Å². The van der Waals surface area contributed by atoms with Gasteiger partial charge in [-0.3, -0.25) is 14.6 Å². The largest absolute Gasteiger partial charge is 0.575 e. The number of hydrogen-bond donors (Lipinski definition) is 0. The standard InChI is InChI=1S/C10H11N2O6P/c1-7(10(13)17-2)11-19(16)18-9-5-3-8(4-6-9)12(14)15/h3-7H,1-2H3. The second-order valence-electron chi connectivity index (χ2n) is 3.39. The van der Waals surface area contributed by atoms with Crippen molar-refractivity contribution in [2.75, 3.05) is 7.11 Å². The zero-order valence-corrected chi connectivity index (χ0v) is 11.1. The quantitative estimate of drug-likeness (QED) is 0.349. The number of ether oxygens (including phenoxy) is 1. The molecule has 2 unspecified atom stereocenters. The van der Waals surface area contributed by atoms with Crippen molar-refractivity contribution in [1.82, 2.24) is 0 Å². The molecular formula is C10H11N2O6P. The highest BCUT2D eigenvalue weighted by Crippen LogP contribution is 2.26. The van der Waals surface area contributed by atoms with E-state index in [1.807, 2.05) is 0 Å². The molecule has 0 radical (unpaired) electrons. The fourth-order valence-corrected chi connectivity index (χ4v) is 1.83. The molecule has 0 aliphatic carbocycles. The molecule has 9 heteroatoms. The summed E-state index contributed by atoms with van der Waals surface area (Å²) in [6.45, 7) is 1.41. The van der Waals surface area contributed by atoms with E-state index in [0.717, 1.165) is 0 Å². The molecule has 0 fully saturated rings. The summed E-state index contributed by atoms with van der Waals surface area (Å²) >= 11 is 0. The molecule has 0 aliphatic rings. The molecule has 102 valence electrons. The average molecular weight is 286 g/mol.